The topological polar surface area (TPSA) is 30.0 Å². The molecule has 0 N–H and O–H groups in total. The van der Waals surface area contributed by atoms with Crippen LogP contribution < -0.4 is 15.9 Å². The van der Waals surface area contributed by atoms with Gasteiger partial charge in [0.25, 0.3) is 0 Å². The summed E-state index contributed by atoms with van der Waals surface area (Å²) in [5.41, 5.74) is 0.863. The molecule has 4 rings (SSSR count). The lowest BCUT2D eigenvalue weighted by molar-refractivity contribution is 0.592. The SMILES string of the molecule is O=P(c1ccccc1)(c1ccccc1)c1cccc2ncccc12. The summed E-state index contributed by atoms with van der Waals surface area (Å²) in [7, 11) is -2.96. The molecule has 0 aliphatic heterocycles. The normalized spacial score (nSPS) is 11.5. The lowest BCUT2D eigenvalue weighted by atomic mass is 10.2. The van der Waals surface area contributed by atoms with E-state index in [1.165, 1.54) is 0 Å². The molecule has 0 saturated carbocycles. The van der Waals surface area contributed by atoms with Gasteiger partial charge in [-0.05, 0) is 12.1 Å². The molecule has 0 spiro atoms. The van der Waals surface area contributed by atoms with Gasteiger partial charge in [0, 0.05) is 27.5 Å². The molecule has 0 unspecified atom stereocenters. The predicted octanol–water partition coefficient (Wildman–Crippen LogP) is 3.87. The van der Waals surface area contributed by atoms with Crippen LogP contribution >= 0.6 is 7.14 Å². The molecule has 0 atom stereocenters. The lowest BCUT2D eigenvalue weighted by Gasteiger charge is -2.21. The van der Waals surface area contributed by atoms with Crippen LogP contribution in [0.1, 0.15) is 0 Å². The highest BCUT2D eigenvalue weighted by Gasteiger charge is 2.31. The van der Waals surface area contributed by atoms with Gasteiger partial charge in [0.1, 0.15) is 0 Å². The van der Waals surface area contributed by atoms with E-state index in [1.807, 2.05) is 91.0 Å². The molecule has 116 valence electrons. The van der Waals surface area contributed by atoms with Crippen LogP contribution in [0.2, 0.25) is 0 Å². The Balaban J connectivity index is 2.09. The third kappa shape index (κ3) is 2.36. The van der Waals surface area contributed by atoms with Crippen molar-refractivity contribution in [3.05, 3.63) is 97.2 Å². The van der Waals surface area contributed by atoms with Crippen LogP contribution in [-0.4, -0.2) is 4.98 Å². The number of rotatable bonds is 3. The molecule has 0 aliphatic carbocycles. The average Bonchev–Trinajstić information content (AvgIpc) is 2.68. The molecule has 4 aromatic rings. The fraction of sp³-hybridized carbons (Fsp3) is 0. The fourth-order valence-corrected chi connectivity index (χ4v) is 5.93. The Morgan fingerprint density at radius 3 is 1.88 bits per heavy atom. The van der Waals surface area contributed by atoms with E-state index in [-0.39, 0.29) is 0 Å². The highest BCUT2D eigenvalue weighted by Crippen LogP contribution is 2.43. The molecule has 0 amide bonds. The summed E-state index contributed by atoms with van der Waals surface area (Å²) in [6, 6.07) is 29.2. The number of fused-ring (bicyclic) bond motifs is 1. The number of benzene rings is 3. The standard InChI is InChI=1S/C21H16NOP/c23-24(17-9-3-1-4-10-17,18-11-5-2-6-12-18)21-15-7-14-20-19(21)13-8-16-22-20/h1-16H. The zero-order valence-electron chi connectivity index (χ0n) is 13.0. The maximum Gasteiger partial charge on any atom is 0.171 e. The summed E-state index contributed by atoms with van der Waals surface area (Å²) < 4.78 is 14.4. The first-order valence-corrected chi connectivity index (χ1v) is 9.56. The van der Waals surface area contributed by atoms with Crippen molar-refractivity contribution in [1.82, 2.24) is 4.98 Å². The molecule has 1 heterocycles. The Labute approximate surface area is 141 Å². The maximum atomic E-state index is 14.4. The molecule has 3 heteroatoms. The van der Waals surface area contributed by atoms with E-state index in [2.05, 4.69) is 4.98 Å². The van der Waals surface area contributed by atoms with Crippen LogP contribution in [-0.2, 0) is 4.57 Å². The van der Waals surface area contributed by atoms with E-state index in [0.717, 1.165) is 26.8 Å². The van der Waals surface area contributed by atoms with Gasteiger partial charge in [-0.15, -0.1) is 0 Å². The highest BCUT2D eigenvalue weighted by molar-refractivity contribution is 7.85. The molecule has 0 fully saturated rings. The molecule has 2 nitrogen and oxygen atoms in total. The predicted molar refractivity (Wildman–Crippen MR) is 101 cm³/mol. The van der Waals surface area contributed by atoms with Crippen LogP contribution in [0.25, 0.3) is 10.9 Å². The molecule has 0 bridgehead atoms. The Kier molecular flexibility index (Phi) is 3.76. The molecule has 1 aromatic heterocycles. The van der Waals surface area contributed by atoms with Gasteiger partial charge in [0.2, 0.25) is 0 Å². The zero-order valence-corrected chi connectivity index (χ0v) is 13.9. The van der Waals surface area contributed by atoms with Crippen molar-refractivity contribution < 1.29 is 4.57 Å². The average molecular weight is 329 g/mol. The van der Waals surface area contributed by atoms with Gasteiger partial charge < -0.3 is 4.57 Å². The minimum absolute atomic E-state index is 0.838. The van der Waals surface area contributed by atoms with Crippen LogP contribution in [0.5, 0.6) is 0 Å². The van der Waals surface area contributed by atoms with Gasteiger partial charge in [0.15, 0.2) is 7.14 Å². The second kappa shape index (κ2) is 6.07. The van der Waals surface area contributed by atoms with Gasteiger partial charge in [-0.2, -0.15) is 0 Å². The summed E-state index contributed by atoms with van der Waals surface area (Å²) in [6.07, 6.45) is 1.77. The Morgan fingerprint density at radius 2 is 1.25 bits per heavy atom. The van der Waals surface area contributed by atoms with Crippen LogP contribution in [0, 0.1) is 0 Å². The first-order valence-electron chi connectivity index (χ1n) is 7.86. The summed E-state index contributed by atoms with van der Waals surface area (Å²) >= 11 is 0. The number of hydrogen-bond donors (Lipinski definition) is 0. The smallest absolute Gasteiger partial charge is 0.171 e. The van der Waals surface area contributed by atoms with Gasteiger partial charge >= 0.3 is 0 Å². The van der Waals surface area contributed by atoms with Crippen molar-refractivity contribution >= 4 is 34.0 Å². The van der Waals surface area contributed by atoms with Gasteiger partial charge in [0.05, 0.1) is 5.52 Å². The zero-order chi connectivity index (χ0) is 16.4. The van der Waals surface area contributed by atoms with Crippen LogP contribution in [0.15, 0.2) is 97.2 Å². The van der Waals surface area contributed by atoms with Gasteiger partial charge in [-0.1, -0.05) is 78.9 Å². The quantitative estimate of drug-likeness (QED) is 0.534. The first-order chi connectivity index (χ1) is 11.8. The van der Waals surface area contributed by atoms with E-state index < -0.39 is 7.14 Å². The monoisotopic (exact) mass is 329 g/mol. The second-order valence-electron chi connectivity index (χ2n) is 5.63. The van der Waals surface area contributed by atoms with Crippen molar-refractivity contribution in [1.29, 1.82) is 0 Å². The molecular formula is C21H16NOP. The van der Waals surface area contributed by atoms with Crippen molar-refractivity contribution in [2.24, 2.45) is 0 Å². The van der Waals surface area contributed by atoms with E-state index in [1.54, 1.807) is 6.20 Å². The van der Waals surface area contributed by atoms with Gasteiger partial charge in [-0.3, -0.25) is 4.98 Å². The van der Waals surface area contributed by atoms with E-state index in [9.17, 15) is 4.57 Å². The van der Waals surface area contributed by atoms with Crippen molar-refractivity contribution in [3.8, 4) is 0 Å². The summed E-state index contributed by atoms with van der Waals surface area (Å²) in [6.45, 7) is 0. The third-order valence-corrected chi connectivity index (χ3v) is 7.32. The maximum absolute atomic E-state index is 14.4. The van der Waals surface area contributed by atoms with Crippen LogP contribution in [0.4, 0.5) is 0 Å². The molecule has 0 saturated heterocycles. The molecule has 0 aliphatic rings. The largest absolute Gasteiger partial charge is 0.309 e. The molecule has 0 radical (unpaired) electrons. The molecule has 24 heavy (non-hydrogen) atoms. The molecule has 3 aromatic carbocycles. The van der Waals surface area contributed by atoms with Crippen molar-refractivity contribution in [2.75, 3.05) is 0 Å². The Hall–Kier alpha value is -2.70. The van der Waals surface area contributed by atoms with Crippen LogP contribution in [0.3, 0.4) is 0 Å². The van der Waals surface area contributed by atoms with E-state index >= 15 is 0 Å². The number of pyridine rings is 1. The van der Waals surface area contributed by atoms with Crippen molar-refractivity contribution in [3.63, 3.8) is 0 Å². The minimum Gasteiger partial charge on any atom is -0.309 e. The number of aromatic nitrogens is 1. The highest BCUT2D eigenvalue weighted by atomic mass is 31.2. The molecular weight excluding hydrogens is 313 g/mol. The summed E-state index contributed by atoms with van der Waals surface area (Å²) in [5.74, 6) is 0. The van der Waals surface area contributed by atoms with E-state index in [0.29, 0.717) is 0 Å². The minimum atomic E-state index is -2.96. The Bertz CT molecular complexity index is 980. The number of hydrogen-bond acceptors (Lipinski definition) is 2. The third-order valence-electron chi connectivity index (χ3n) is 4.20. The Morgan fingerprint density at radius 1 is 0.625 bits per heavy atom. The van der Waals surface area contributed by atoms with Crippen molar-refractivity contribution in [2.45, 2.75) is 0 Å². The first kappa shape index (κ1) is 14.9. The lowest BCUT2D eigenvalue weighted by Crippen LogP contribution is -2.25. The summed E-state index contributed by atoms with van der Waals surface area (Å²) in [5, 5.41) is 3.46. The second-order valence-corrected chi connectivity index (χ2v) is 8.36. The van der Waals surface area contributed by atoms with Gasteiger partial charge in [-0.25, -0.2) is 0 Å². The fourth-order valence-electron chi connectivity index (χ4n) is 3.06. The van der Waals surface area contributed by atoms with E-state index in [4.69, 9.17) is 0 Å². The summed E-state index contributed by atoms with van der Waals surface area (Å²) in [4.78, 5) is 4.42. The number of nitrogens with zero attached hydrogens (tertiary/aromatic N) is 1.